The van der Waals surface area contributed by atoms with Gasteiger partial charge in [-0.3, -0.25) is 0 Å². The van der Waals surface area contributed by atoms with E-state index in [2.05, 4.69) is 18.8 Å². The molecule has 0 bridgehead atoms. The molecule has 106 valence electrons. The number of hydrogen-bond donors (Lipinski definition) is 1. The monoisotopic (exact) mass is 263 g/mol. The van der Waals surface area contributed by atoms with Crippen LogP contribution in [0.5, 0.6) is 11.5 Å². The van der Waals surface area contributed by atoms with Gasteiger partial charge in [-0.15, -0.1) is 6.58 Å². The minimum Gasteiger partial charge on any atom is -0.494 e. The van der Waals surface area contributed by atoms with Gasteiger partial charge in [-0.05, 0) is 51.1 Å². The maximum Gasteiger partial charge on any atom is 0.123 e. The van der Waals surface area contributed by atoms with E-state index in [-0.39, 0.29) is 0 Å². The molecule has 1 N–H and O–H groups in total. The van der Waals surface area contributed by atoms with Gasteiger partial charge in [0, 0.05) is 5.56 Å². The van der Waals surface area contributed by atoms with Crippen LogP contribution in [0, 0.1) is 0 Å². The minimum atomic E-state index is 0.677. The Kier molecular flexibility index (Phi) is 7.75. The van der Waals surface area contributed by atoms with Crippen molar-refractivity contribution in [3.63, 3.8) is 0 Å². The van der Waals surface area contributed by atoms with Crippen molar-refractivity contribution in [2.75, 3.05) is 26.3 Å². The first kappa shape index (κ1) is 15.6. The van der Waals surface area contributed by atoms with Gasteiger partial charge >= 0.3 is 0 Å². The molecular weight excluding hydrogens is 238 g/mol. The van der Waals surface area contributed by atoms with Crippen LogP contribution < -0.4 is 14.8 Å². The number of benzene rings is 1. The quantitative estimate of drug-likeness (QED) is 0.519. The van der Waals surface area contributed by atoms with Gasteiger partial charge in [0.1, 0.15) is 11.5 Å². The predicted molar refractivity (Wildman–Crippen MR) is 80.2 cm³/mol. The molecule has 0 radical (unpaired) electrons. The van der Waals surface area contributed by atoms with Crippen molar-refractivity contribution in [3.05, 3.63) is 36.4 Å². The van der Waals surface area contributed by atoms with Crippen LogP contribution in [0.1, 0.15) is 25.8 Å². The van der Waals surface area contributed by atoms with E-state index < -0.39 is 0 Å². The Hall–Kier alpha value is -1.48. The summed E-state index contributed by atoms with van der Waals surface area (Å²) in [6.45, 7) is 11.3. The zero-order chi connectivity index (χ0) is 13.9. The van der Waals surface area contributed by atoms with E-state index in [4.69, 9.17) is 9.47 Å². The molecule has 0 saturated heterocycles. The minimum absolute atomic E-state index is 0.677. The Labute approximate surface area is 116 Å². The smallest absolute Gasteiger partial charge is 0.123 e. The van der Waals surface area contributed by atoms with Gasteiger partial charge in [0.15, 0.2) is 0 Å². The summed E-state index contributed by atoms with van der Waals surface area (Å²) >= 11 is 0. The second-order valence-corrected chi connectivity index (χ2v) is 4.25. The molecule has 0 aliphatic rings. The van der Waals surface area contributed by atoms with Crippen LogP contribution in [0.4, 0.5) is 0 Å². The SMILES string of the molecule is C=CCc1cc(OCC)ccc1OCCCNCC. The topological polar surface area (TPSA) is 30.5 Å². The van der Waals surface area contributed by atoms with Crippen molar-refractivity contribution < 1.29 is 9.47 Å². The van der Waals surface area contributed by atoms with Crippen LogP contribution >= 0.6 is 0 Å². The molecule has 0 aliphatic heterocycles. The van der Waals surface area contributed by atoms with Crippen molar-refractivity contribution in [2.24, 2.45) is 0 Å². The maximum absolute atomic E-state index is 5.83. The first-order chi connectivity index (χ1) is 9.31. The zero-order valence-corrected chi connectivity index (χ0v) is 12.1. The molecule has 0 aromatic heterocycles. The first-order valence-electron chi connectivity index (χ1n) is 7.02. The van der Waals surface area contributed by atoms with Crippen LogP contribution in [-0.2, 0) is 6.42 Å². The number of allylic oxidation sites excluding steroid dienone is 1. The Balaban J connectivity index is 2.57. The lowest BCUT2D eigenvalue weighted by molar-refractivity contribution is 0.303. The van der Waals surface area contributed by atoms with Gasteiger partial charge in [0.05, 0.1) is 13.2 Å². The van der Waals surface area contributed by atoms with Gasteiger partial charge in [-0.1, -0.05) is 13.0 Å². The lowest BCUT2D eigenvalue weighted by Gasteiger charge is -2.12. The van der Waals surface area contributed by atoms with Crippen molar-refractivity contribution in [1.82, 2.24) is 5.32 Å². The highest BCUT2D eigenvalue weighted by molar-refractivity contribution is 5.41. The highest BCUT2D eigenvalue weighted by Crippen LogP contribution is 2.25. The van der Waals surface area contributed by atoms with E-state index in [0.29, 0.717) is 6.61 Å². The average Bonchev–Trinajstić information content (AvgIpc) is 2.41. The summed E-state index contributed by atoms with van der Waals surface area (Å²) in [5.41, 5.74) is 1.13. The Bertz CT molecular complexity index is 377. The summed E-state index contributed by atoms with van der Waals surface area (Å²) < 4.78 is 11.3. The van der Waals surface area contributed by atoms with E-state index in [9.17, 15) is 0 Å². The summed E-state index contributed by atoms with van der Waals surface area (Å²) in [5.74, 6) is 1.82. The molecule has 0 atom stereocenters. The van der Waals surface area contributed by atoms with E-state index in [1.54, 1.807) is 0 Å². The summed E-state index contributed by atoms with van der Waals surface area (Å²) in [6, 6.07) is 5.97. The Morgan fingerprint density at radius 3 is 2.79 bits per heavy atom. The first-order valence-corrected chi connectivity index (χ1v) is 7.02. The van der Waals surface area contributed by atoms with Crippen molar-refractivity contribution in [2.45, 2.75) is 26.7 Å². The summed E-state index contributed by atoms with van der Waals surface area (Å²) in [6.07, 6.45) is 3.69. The molecule has 1 aromatic rings. The summed E-state index contributed by atoms with van der Waals surface area (Å²) in [5, 5.41) is 3.28. The van der Waals surface area contributed by atoms with Crippen molar-refractivity contribution >= 4 is 0 Å². The average molecular weight is 263 g/mol. The molecule has 3 nitrogen and oxygen atoms in total. The van der Waals surface area contributed by atoms with Gasteiger partial charge in [-0.25, -0.2) is 0 Å². The third-order valence-corrected chi connectivity index (χ3v) is 2.71. The third-order valence-electron chi connectivity index (χ3n) is 2.71. The molecule has 0 heterocycles. The van der Waals surface area contributed by atoms with E-state index >= 15 is 0 Å². The lowest BCUT2D eigenvalue weighted by Crippen LogP contribution is -2.16. The van der Waals surface area contributed by atoms with Gasteiger partial charge in [0.2, 0.25) is 0 Å². The maximum atomic E-state index is 5.83. The molecule has 3 heteroatoms. The van der Waals surface area contributed by atoms with Gasteiger partial charge < -0.3 is 14.8 Å². The highest BCUT2D eigenvalue weighted by Gasteiger charge is 2.04. The normalized spacial score (nSPS) is 10.2. The second kappa shape index (κ2) is 9.45. The number of ether oxygens (including phenoxy) is 2. The Morgan fingerprint density at radius 2 is 2.11 bits per heavy atom. The molecule has 1 aromatic carbocycles. The van der Waals surface area contributed by atoms with Crippen molar-refractivity contribution in [1.29, 1.82) is 0 Å². The van der Waals surface area contributed by atoms with Crippen LogP contribution in [-0.4, -0.2) is 26.3 Å². The van der Waals surface area contributed by atoms with Crippen molar-refractivity contribution in [3.8, 4) is 11.5 Å². The fourth-order valence-electron chi connectivity index (χ4n) is 1.82. The fraction of sp³-hybridized carbons (Fsp3) is 0.500. The zero-order valence-electron chi connectivity index (χ0n) is 12.1. The molecule has 0 saturated carbocycles. The Morgan fingerprint density at radius 1 is 1.26 bits per heavy atom. The predicted octanol–water partition coefficient (Wildman–Crippen LogP) is 3.19. The summed E-state index contributed by atoms with van der Waals surface area (Å²) in [7, 11) is 0. The molecule has 19 heavy (non-hydrogen) atoms. The molecule has 0 amide bonds. The number of nitrogens with one attached hydrogen (secondary N) is 1. The second-order valence-electron chi connectivity index (χ2n) is 4.25. The number of hydrogen-bond acceptors (Lipinski definition) is 3. The van der Waals surface area contributed by atoms with E-state index in [0.717, 1.165) is 49.6 Å². The third kappa shape index (κ3) is 5.79. The molecule has 0 fully saturated rings. The molecule has 1 rings (SSSR count). The highest BCUT2D eigenvalue weighted by atomic mass is 16.5. The molecular formula is C16H25NO2. The largest absolute Gasteiger partial charge is 0.494 e. The molecule has 0 spiro atoms. The van der Waals surface area contributed by atoms with E-state index in [1.807, 2.05) is 31.2 Å². The molecule has 0 unspecified atom stereocenters. The van der Waals surface area contributed by atoms with E-state index in [1.165, 1.54) is 0 Å². The van der Waals surface area contributed by atoms with Gasteiger partial charge in [-0.2, -0.15) is 0 Å². The van der Waals surface area contributed by atoms with Crippen LogP contribution in [0.15, 0.2) is 30.9 Å². The van der Waals surface area contributed by atoms with Gasteiger partial charge in [0.25, 0.3) is 0 Å². The van der Waals surface area contributed by atoms with Crippen LogP contribution in [0.2, 0.25) is 0 Å². The lowest BCUT2D eigenvalue weighted by atomic mass is 10.1. The number of rotatable bonds is 10. The standard InChI is InChI=1S/C16H25NO2/c1-4-8-14-13-15(18-6-3)9-10-16(14)19-12-7-11-17-5-2/h4,9-10,13,17H,1,5-8,11-12H2,2-3H3. The fourth-order valence-corrected chi connectivity index (χ4v) is 1.82. The molecule has 0 aliphatic carbocycles. The van der Waals surface area contributed by atoms with Crippen LogP contribution in [0.25, 0.3) is 0 Å². The summed E-state index contributed by atoms with van der Waals surface area (Å²) in [4.78, 5) is 0. The van der Waals surface area contributed by atoms with Crippen LogP contribution in [0.3, 0.4) is 0 Å².